The Labute approximate surface area is 110 Å². The Bertz CT molecular complexity index is 593. The molecule has 0 aliphatic carbocycles. The van der Waals surface area contributed by atoms with Gasteiger partial charge in [-0.1, -0.05) is 0 Å². The maximum atomic E-state index is 10.9. The summed E-state index contributed by atoms with van der Waals surface area (Å²) in [5.74, 6) is 1.00. The molecule has 0 saturated heterocycles. The van der Waals surface area contributed by atoms with Crippen LogP contribution in [-0.4, -0.2) is 27.6 Å². The highest BCUT2D eigenvalue weighted by molar-refractivity contribution is 5.85. The number of hydrogen-bond acceptors (Lipinski definition) is 5. The number of aromatic carboxylic acids is 1. The maximum absolute atomic E-state index is 10.9. The Hall–Kier alpha value is -2.37. The van der Waals surface area contributed by atoms with Crippen LogP contribution in [0.5, 0.6) is 0 Å². The van der Waals surface area contributed by atoms with Gasteiger partial charge < -0.3 is 14.8 Å². The second-order valence-electron chi connectivity index (χ2n) is 4.21. The predicted octanol–water partition coefficient (Wildman–Crippen LogP) is 2.04. The van der Waals surface area contributed by atoms with Gasteiger partial charge in [0.15, 0.2) is 5.69 Å². The summed E-state index contributed by atoms with van der Waals surface area (Å²) in [7, 11) is 0. The van der Waals surface area contributed by atoms with Crippen LogP contribution in [0.4, 0.5) is 5.95 Å². The molecule has 2 aromatic heterocycles. The van der Waals surface area contributed by atoms with Gasteiger partial charge in [-0.2, -0.15) is 0 Å². The van der Waals surface area contributed by atoms with Crippen LogP contribution in [0.1, 0.15) is 27.7 Å². The lowest BCUT2D eigenvalue weighted by Gasteiger charge is -2.05. The number of aryl methyl sites for hydroxylation is 2. The third-order valence-corrected chi connectivity index (χ3v) is 2.52. The summed E-state index contributed by atoms with van der Waals surface area (Å²) in [6.07, 6.45) is 0.688. The minimum atomic E-state index is -1.06. The van der Waals surface area contributed by atoms with Crippen LogP contribution in [-0.2, 0) is 6.42 Å². The molecule has 2 N–H and O–H groups in total. The number of carbonyl (C=O) groups is 1. The van der Waals surface area contributed by atoms with Crippen LogP contribution in [0, 0.1) is 13.8 Å². The van der Waals surface area contributed by atoms with Crippen molar-refractivity contribution in [3.8, 4) is 0 Å². The van der Waals surface area contributed by atoms with Crippen LogP contribution >= 0.6 is 0 Å². The molecule has 19 heavy (non-hydrogen) atoms. The highest BCUT2D eigenvalue weighted by Gasteiger charge is 2.08. The van der Waals surface area contributed by atoms with Crippen LogP contribution in [0.25, 0.3) is 0 Å². The lowest BCUT2D eigenvalue weighted by molar-refractivity contribution is 0.0690. The van der Waals surface area contributed by atoms with Gasteiger partial charge in [0.2, 0.25) is 5.95 Å². The standard InChI is InChI=1S/C13H15N3O3/c1-8-7-11(12(17)18)16-13(15-8)14-6-5-10-4-3-9(2)19-10/h3-4,7H,5-6H2,1-2H3,(H,17,18)(H,14,15,16). The Morgan fingerprint density at radius 2 is 2.16 bits per heavy atom. The Kier molecular flexibility index (Phi) is 3.79. The van der Waals surface area contributed by atoms with Crippen LogP contribution in [0.3, 0.4) is 0 Å². The van der Waals surface area contributed by atoms with E-state index in [2.05, 4.69) is 15.3 Å². The summed E-state index contributed by atoms with van der Waals surface area (Å²) >= 11 is 0. The molecule has 0 atom stereocenters. The zero-order valence-electron chi connectivity index (χ0n) is 10.8. The van der Waals surface area contributed by atoms with Crippen molar-refractivity contribution < 1.29 is 14.3 Å². The van der Waals surface area contributed by atoms with E-state index in [0.29, 0.717) is 24.6 Å². The molecule has 2 aromatic rings. The number of carboxylic acid groups (broad SMARTS) is 1. The minimum absolute atomic E-state index is 0.0103. The largest absolute Gasteiger partial charge is 0.477 e. The van der Waals surface area contributed by atoms with Crippen molar-refractivity contribution in [2.24, 2.45) is 0 Å². The molecule has 0 saturated carbocycles. The molecule has 0 aromatic carbocycles. The zero-order valence-corrected chi connectivity index (χ0v) is 10.8. The van der Waals surface area contributed by atoms with Crippen molar-refractivity contribution in [3.63, 3.8) is 0 Å². The van der Waals surface area contributed by atoms with Crippen molar-refractivity contribution >= 4 is 11.9 Å². The third-order valence-electron chi connectivity index (χ3n) is 2.52. The van der Waals surface area contributed by atoms with E-state index in [0.717, 1.165) is 11.5 Å². The van der Waals surface area contributed by atoms with E-state index < -0.39 is 5.97 Å². The normalized spacial score (nSPS) is 10.4. The second kappa shape index (κ2) is 5.51. The first kappa shape index (κ1) is 13.1. The van der Waals surface area contributed by atoms with E-state index in [1.165, 1.54) is 6.07 Å². The second-order valence-corrected chi connectivity index (χ2v) is 4.21. The third kappa shape index (κ3) is 3.54. The molecule has 0 bridgehead atoms. The number of anilines is 1. The van der Waals surface area contributed by atoms with E-state index in [1.807, 2.05) is 19.1 Å². The van der Waals surface area contributed by atoms with Crippen molar-refractivity contribution in [1.29, 1.82) is 0 Å². The molecule has 0 amide bonds. The number of nitrogens with one attached hydrogen (secondary N) is 1. The summed E-state index contributed by atoms with van der Waals surface area (Å²) in [6, 6.07) is 5.25. The van der Waals surface area contributed by atoms with Crippen molar-refractivity contribution in [2.75, 3.05) is 11.9 Å². The molecular weight excluding hydrogens is 246 g/mol. The van der Waals surface area contributed by atoms with Gasteiger partial charge in [-0.3, -0.25) is 0 Å². The average Bonchev–Trinajstić information content (AvgIpc) is 2.74. The van der Waals surface area contributed by atoms with Crippen LogP contribution in [0.2, 0.25) is 0 Å². The Morgan fingerprint density at radius 1 is 1.37 bits per heavy atom. The molecule has 2 rings (SSSR count). The van der Waals surface area contributed by atoms with Gasteiger partial charge in [-0.15, -0.1) is 0 Å². The number of furan rings is 1. The number of aromatic nitrogens is 2. The lowest BCUT2D eigenvalue weighted by Crippen LogP contribution is -2.11. The van der Waals surface area contributed by atoms with Crippen molar-refractivity contribution in [3.05, 3.63) is 41.1 Å². The minimum Gasteiger partial charge on any atom is -0.477 e. The van der Waals surface area contributed by atoms with Gasteiger partial charge in [-0.05, 0) is 32.0 Å². The molecule has 100 valence electrons. The van der Waals surface area contributed by atoms with Gasteiger partial charge in [0, 0.05) is 18.7 Å². The molecule has 0 fully saturated rings. The van der Waals surface area contributed by atoms with E-state index in [9.17, 15) is 4.79 Å². The summed E-state index contributed by atoms with van der Waals surface area (Å²) in [5.41, 5.74) is 0.604. The van der Waals surface area contributed by atoms with Gasteiger partial charge in [0.05, 0.1) is 0 Å². The quantitative estimate of drug-likeness (QED) is 0.856. The maximum Gasteiger partial charge on any atom is 0.354 e. The molecular formula is C13H15N3O3. The van der Waals surface area contributed by atoms with Gasteiger partial charge >= 0.3 is 5.97 Å². The van der Waals surface area contributed by atoms with Crippen molar-refractivity contribution in [2.45, 2.75) is 20.3 Å². The first-order valence-corrected chi connectivity index (χ1v) is 5.93. The fourth-order valence-electron chi connectivity index (χ4n) is 1.67. The molecule has 6 heteroatoms. The topological polar surface area (TPSA) is 88.2 Å². The molecule has 0 unspecified atom stereocenters. The average molecular weight is 261 g/mol. The van der Waals surface area contributed by atoms with Gasteiger partial charge in [0.25, 0.3) is 0 Å². The number of carboxylic acids is 1. The Morgan fingerprint density at radius 3 is 2.79 bits per heavy atom. The summed E-state index contributed by atoms with van der Waals surface area (Å²) in [6.45, 7) is 4.20. The summed E-state index contributed by atoms with van der Waals surface area (Å²) in [4.78, 5) is 18.9. The Balaban J connectivity index is 1.97. The van der Waals surface area contributed by atoms with Gasteiger partial charge in [0.1, 0.15) is 11.5 Å². The fraction of sp³-hybridized carbons (Fsp3) is 0.308. The number of nitrogens with zero attached hydrogens (tertiary/aromatic N) is 2. The van der Waals surface area contributed by atoms with Crippen LogP contribution in [0.15, 0.2) is 22.6 Å². The molecule has 0 radical (unpaired) electrons. The lowest BCUT2D eigenvalue weighted by atomic mass is 10.3. The highest BCUT2D eigenvalue weighted by Crippen LogP contribution is 2.08. The van der Waals surface area contributed by atoms with E-state index in [-0.39, 0.29) is 5.69 Å². The number of hydrogen-bond donors (Lipinski definition) is 2. The van der Waals surface area contributed by atoms with Crippen LogP contribution < -0.4 is 5.32 Å². The first-order valence-electron chi connectivity index (χ1n) is 5.93. The van der Waals surface area contributed by atoms with E-state index >= 15 is 0 Å². The SMILES string of the molecule is Cc1cc(C(=O)O)nc(NCCc2ccc(C)o2)n1. The smallest absolute Gasteiger partial charge is 0.354 e. The summed E-state index contributed by atoms with van der Waals surface area (Å²) in [5, 5.41) is 11.9. The molecule has 0 aliphatic rings. The molecule has 0 aliphatic heterocycles. The van der Waals surface area contributed by atoms with E-state index in [1.54, 1.807) is 6.92 Å². The summed E-state index contributed by atoms with van der Waals surface area (Å²) < 4.78 is 5.43. The molecule has 0 spiro atoms. The zero-order chi connectivity index (χ0) is 13.8. The van der Waals surface area contributed by atoms with Crippen molar-refractivity contribution in [1.82, 2.24) is 9.97 Å². The molecule has 6 nitrogen and oxygen atoms in total. The fourth-order valence-corrected chi connectivity index (χ4v) is 1.67. The monoisotopic (exact) mass is 261 g/mol. The molecule has 2 heterocycles. The highest BCUT2D eigenvalue weighted by atomic mass is 16.4. The van der Waals surface area contributed by atoms with E-state index in [4.69, 9.17) is 9.52 Å². The van der Waals surface area contributed by atoms with Gasteiger partial charge in [-0.25, -0.2) is 14.8 Å². The predicted molar refractivity (Wildman–Crippen MR) is 69.4 cm³/mol. The first-order chi connectivity index (χ1) is 9.04. The number of rotatable bonds is 5.